The molecule has 1 saturated heterocycles. The Bertz CT molecular complexity index is 328. The third-order valence-electron chi connectivity index (χ3n) is 4.96. The number of rotatable bonds is 4. The van der Waals surface area contributed by atoms with Gasteiger partial charge in [0.2, 0.25) is 5.91 Å². The Balaban J connectivity index is 2.10. The third kappa shape index (κ3) is 3.29. The number of carbonyl (C=O) groups is 1. The van der Waals surface area contributed by atoms with Gasteiger partial charge in [-0.05, 0) is 32.6 Å². The molecule has 1 amide bonds. The highest BCUT2D eigenvalue weighted by molar-refractivity contribution is 5.85. The molecule has 2 unspecified atom stereocenters. The number of hydrogen-bond donors (Lipinski definition) is 2. The zero-order valence-electron chi connectivity index (χ0n) is 12.3. The molecule has 19 heavy (non-hydrogen) atoms. The molecular weight excluding hydrogens is 240 g/mol. The van der Waals surface area contributed by atoms with Gasteiger partial charge in [0, 0.05) is 19.1 Å². The van der Waals surface area contributed by atoms with Gasteiger partial charge in [-0.3, -0.25) is 4.79 Å². The molecule has 0 aromatic heterocycles. The van der Waals surface area contributed by atoms with Crippen LogP contribution in [0.5, 0.6) is 0 Å². The van der Waals surface area contributed by atoms with Gasteiger partial charge in [0.05, 0.1) is 5.60 Å². The van der Waals surface area contributed by atoms with E-state index in [1.807, 2.05) is 0 Å². The maximum absolute atomic E-state index is 12.1. The maximum atomic E-state index is 12.1. The quantitative estimate of drug-likeness (QED) is 0.821. The van der Waals surface area contributed by atoms with Gasteiger partial charge in [-0.25, -0.2) is 0 Å². The van der Waals surface area contributed by atoms with Crippen molar-refractivity contribution in [2.75, 3.05) is 6.61 Å². The number of ether oxygens (including phenoxy) is 1. The zero-order chi connectivity index (χ0) is 13.9. The largest absolute Gasteiger partial charge is 0.375 e. The van der Waals surface area contributed by atoms with Gasteiger partial charge in [0.15, 0.2) is 0 Å². The summed E-state index contributed by atoms with van der Waals surface area (Å²) in [6.07, 6.45) is 8.47. The standard InChI is InChI=1S/C15H28N2O2/c1-3-14(2)11-15(13(16)18,9-10-19-14)17-12-7-5-4-6-8-12/h12,17H,3-11H2,1-2H3,(H2,16,18). The molecule has 1 saturated carbocycles. The Morgan fingerprint density at radius 2 is 2.05 bits per heavy atom. The van der Waals surface area contributed by atoms with Crippen LogP contribution in [-0.2, 0) is 9.53 Å². The Morgan fingerprint density at radius 3 is 2.63 bits per heavy atom. The van der Waals surface area contributed by atoms with Crippen molar-refractivity contribution in [3.63, 3.8) is 0 Å². The summed E-state index contributed by atoms with van der Waals surface area (Å²) >= 11 is 0. The number of primary amides is 1. The van der Waals surface area contributed by atoms with E-state index in [1.54, 1.807) is 0 Å². The Hall–Kier alpha value is -0.610. The highest BCUT2D eigenvalue weighted by Gasteiger charge is 2.47. The lowest BCUT2D eigenvalue weighted by molar-refractivity contribution is -0.142. The second-order valence-corrected chi connectivity index (χ2v) is 6.50. The normalized spacial score (nSPS) is 37.2. The van der Waals surface area contributed by atoms with E-state index < -0.39 is 5.54 Å². The zero-order valence-corrected chi connectivity index (χ0v) is 12.3. The number of amides is 1. The second-order valence-electron chi connectivity index (χ2n) is 6.50. The van der Waals surface area contributed by atoms with Gasteiger partial charge in [0.25, 0.3) is 0 Å². The van der Waals surface area contributed by atoms with Crippen molar-refractivity contribution in [1.29, 1.82) is 0 Å². The number of hydrogen-bond acceptors (Lipinski definition) is 3. The van der Waals surface area contributed by atoms with E-state index in [0.717, 1.165) is 6.42 Å². The van der Waals surface area contributed by atoms with Crippen LogP contribution in [-0.4, -0.2) is 29.7 Å². The van der Waals surface area contributed by atoms with Crippen molar-refractivity contribution < 1.29 is 9.53 Å². The van der Waals surface area contributed by atoms with Crippen molar-refractivity contribution in [3.8, 4) is 0 Å². The highest BCUT2D eigenvalue weighted by atomic mass is 16.5. The van der Waals surface area contributed by atoms with Crippen LogP contribution in [0.4, 0.5) is 0 Å². The molecule has 2 rings (SSSR count). The Kier molecular flexibility index (Phi) is 4.51. The van der Waals surface area contributed by atoms with Crippen molar-refractivity contribution in [3.05, 3.63) is 0 Å². The van der Waals surface area contributed by atoms with Gasteiger partial charge in [-0.1, -0.05) is 26.2 Å². The summed E-state index contributed by atoms with van der Waals surface area (Å²) in [6.45, 7) is 4.82. The molecule has 4 heteroatoms. The fraction of sp³-hybridized carbons (Fsp3) is 0.933. The fourth-order valence-electron chi connectivity index (χ4n) is 3.52. The molecule has 3 N–H and O–H groups in total. The molecule has 0 bridgehead atoms. The summed E-state index contributed by atoms with van der Waals surface area (Å²) < 4.78 is 5.86. The number of carbonyl (C=O) groups excluding carboxylic acids is 1. The van der Waals surface area contributed by atoms with E-state index in [-0.39, 0.29) is 11.5 Å². The first-order valence-electron chi connectivity index (χ1n) is 7.71. The van der Waals surface area contributed by atoms with Crippen LogP contribution < -0.4 is 11.1 Å². The molecule has 2 fully saturated rings. The van der Waals surface area contributed by atoms with E-state index in [1.165, 1.54) is 32.1 Å². The number of nitrogens with one attached hydrogen (secondary N) is 1. The van der Waals surface area contributed by atoms with Gasteiger partial charge in [-0.15, -0.1) is 0 Å². The first-order chi connectivity index (χ1) is 9.00. The molecular formula is C15H28N2O2. The third-order valence-corrected chi connectivity index (χ3v) is 4.96. The van der Waals surface area contributed by atoms with Gasteiger partial charge in [-0.2, -0.15) is 0 Å². The van der Waals surface area contributed by atoms with E-state index in [9.17, 15) is 4.79 Å². The van der Waals surface area contributed by atoms with Gasteiger partial charge in [0.1, 0.15) is 5.54 Å². The predicted molar refractivity (Wildman–Crippen MR) is 75.8 cm³/mol. The minimum Gasteiger partial charge on any atom is -0.375 e. The molecule has 0 aromatic rings. The SMILES string of the molecule is CCC1(C)CC(NC2CCCCC2)(C(N)=O)CCO1. The molecule has 0 aromatic carbocycles. The van der Waals surface area contributed by atoms with E-state index in [4.69, 9.17) is 10.5 Å². The summed E-state index contributed by atoms with van der Waals surface area (Å²) in [7, 11) is 0. The topological polar surface area (TPSA) is 64.3 Å². The van der Waals surface area contributed by atoms with Crippen LogP contribution in [0.2, 0.25) is 0 Å². The summed E-state index contributed by atoms with van der Waals surface area (Å²) in [5, 5.41) is 3.61. The van der Waals surface area contributed by atoms with Crippen molar-refractivity contribution in [2.24, 2.45) is 5.73 Å². The highest BCUT2D eigenvalue weighted by Crippen LogP contribution is 2.35. The fourth-order valence-corrected chi connectivity index (χ4v) is 3.52. The van der Waals surface area contributed by atoms with Crippen molar-refractivity contribution in [2.45, 2.75) is 82.4 Å². The molecule has 2 atom stereocenters. The molecule has 110 valence electrons. The summed E-state index contributed by atoms with van der Waals surface area (Å²) in [5.41, 5.74) is 4.95. The Morgan fingerprint density at radius 1 is 1.37 bits per heavy atom. The van der Waals surface area contributed by atoms with Crippen LogP contribution in [0.1, 0.15) is 65.2 Å². The molecule has 1 aliphatic heterocycles. The molecule has 2 aliphatic rings. The maximum Gasteiger partial charge on any atom is 0.237 e. The average Bonchev–Trinajstić information content (AvgIpc) is 2.40. The van der Waals surface area contributed by atoms with Gasteiger partial charge >= 0.3 is 0 Å². The first kappa shape index (κ1) is 14.8. The molecule has 4 nitrogen and oxygen atoms in total. The molecule has 0 radical (unpaired) electrons. The summed E-state index contributed by atoms with van der Waals surface area (Å²) in [5.74, 6) is -0.207. The minimum atomic E-state index is -0.564. The molecule has 0 spiro atoms. The monoisotopic (exact) mass is 268 g/mol. The second kappa shape index (κ2) is 5.80. The smallest absolute Gasteiger partial charge is 0.237 e. The lowest BCUT2D eigenvalue weighted by Gasteiger charge is -2.46. The van der Waals surface area contributed by atoms with E-state index in [0.29, 0.717) is 25.5 Å². The van der Waals surface area contributed by atoms with E-state index >= 15 is 0 Å². The van der Waals surface area contributed by atoms with E-state index in [2.05, 4.69) is 19.2 Å². The molecule has 1 heterocycles. The first-order valence-corrected chi connectivity index (χ1v) is 7.71. The van der Waals surface area contributed by atoms with Crippen molar-refractivity contribution >= 4 is 5.91 Å². The van der Waals surface area contributed by atoms with Crippen LogP contribution in [0.15, 0.2) is 0 Å². The Labute approximate surface area is 116 Å². The van der Waals surface area contributed by atoms with Crippen LogP contribution in [0.3, 0.4) is 0 Å². The molecule has 1 aliphatic carbocycles. The lowest BCUT2D eigenvalue weighted by atomic mass is 9.77. The van der Waals surface area contributed by atoms with Gasteiger partial charge < -0.3 is 15.8 Å². The van der Waals surface area contributed by atoms with Crippen molar-refractivity contribution in [1.82, 2.24) is 5.32 Å². The predicted octanol–water partition coefficient (Wildman–Crippen LogP) is 2.11. The average molecular weight is 268 g/mol. The lowest BCUT2D eigenvalue weighted by Crippen LogP contribution is -2.64. The minimum absolute atomic E-state index is 0.207. The van der Waals surface area contributed by atoms with Crippen LogP contribution in [0, 0.1) is 0 Å². The summed E-state index contributed by atoms with van der Waals surface area (Å²) in [4.78, 5) is 12.1. The van der Waals surface area contributed by atoms with Crippen LogP contribution >= 0.6 is 0 Å². The number of nitrogens with two attached hydrogens (primary N) is 1. The van der Waals surface area contributed by atoms with Crippen LogP contribution in [0.25, 0.3) is 0 Å². The summed E-state index contributed by atoms with van der Waals surface area (Å²) in [6, 6.07) is 0.445.